The Balaban J connectivity index is 1.99. The van der Waals surface area contributed by atoms with Crippen LogP contribution in [0.1, 0.15) is 21.6 Å². The molecule has 2 rings (SSSR count). The molecular formula is C14H14ClN3O. The minimum atomic E-state index is -0.146. The van der Waals surface area contributed by atoms with Gasteiger partial charge in [0.05, 0.1) is 5.69 Å². The van der Waals surface area contributed by atoms with Crippen LogP contribution >= 0.6 is 11.6 Å². The van der Waals surface area contributed by atoms with E-state index in [0.29, 0.717) is 29.4 Å². The first-order chi connectivity index (χ1) is 9.19. The lowest BCUT2D eigenvalue weighted by Gasteiger charge is -2.06. The molecule has 0 radical (unpaired) electrons. The monoisotopic (exact) mass is 275 g/mol. The lowest BCUT2D eigenvalue weighted by atomic mass is 10.2. The van der Waals surface area contributed by atoms with Crippen LogP contribution in [-0.2, 0) is 13.1 Å². The molecule has 4 nitrogen and oxygen atoms in total. The standard InChI is InChI=1S/C14H14ClN3O/c15-12-3-1-10(2-4-12)9-18-14(19)11-5-6-17-13(7-11)8-16/h1-7H,8-9,16H2,(H,18,19). The van der Waals surface area contributed by atoms with E-state index in [2.05, 4.69) is 10.3 Å². The number of nitrogens with zero attached hydrogens (tertiary/aromatic N) is 1. The molecule has 0 aliphatic carbocycles. The summed E-state index contributed by atoms with van der Waals surface area (Å²) in [5, 5.41) is 3.51. The summed E-state index contributed by atoms with van der Waals surface area (Å²) >= 11 is 5.80. The highest BCUT2D eigenvalue weighted by Gasteiger charge is 2.06. The SMILES string of the molecule is NCc1cc(C(=O)NCc2ccc(Cl)cc2)ccn1. The van der Waals surface area contributed by atoms with Crippen molar-refractivity contribution in [2.45, 2.75) is 13.1 Å². The number of hydrogen-bond donors (Lipinski definition) is 2. The van der Waals surface area contributed by atoms with Gasteiger partial charge in [0.1, 0.15) is 0 Å². The number of halogens is 1. The van der Waals surface area contributed by atoms with E-state index in [0.717, 1.165) is 5.56 Å². The molecule has 0 aliphatic rings. The van der Waals surface area contributed by atoms with Gasteiger partial charge in [0.15, 0.2) is 0 Å². The lowest BCUT2D eigenvalue weighted by Crippen LogP contribution is -2.23. The van der Waals surface area contributed by atoms with Crippen molar-refractivity contribution in [3.8, 4) is 0 Å². The fourth-order valence-electron chi connectivity index (χ4n) is 1.62. The summed E-state index contributed by atoms with van der Waals surface area (Å²) in [7, 11) is 0. The van der Waals surface area contributed by atoms with Crippen molar-refractivity contribution >= 4 is 17.5 Å². The van der Waals surface area contributed by atoms with Gasteiger partial charge in [0.2, 0.25) is 0 Å². The molecule has 0 saturated heterocycles. The highest BCUT2D eigenvalue weighted by molar-refractivity contribution is 6.30. The van der Waals surface area contributed by atoms with Crippen LogP contribution in [0, 0.1) is 0 Å². The molecule has 0 spiro atoms. The molecule has 3 N–H and O–H groups in total. The molecule has 1 aromatic heterocycles. The molecule has 0 aliphatic heterocycles. The number of carbonyl (C=O) groups excluding carboxylic acids is 1. The number of hydrogen-bond acceptors (Lipinski definition) is 3. The lowest BCUT2D eigenvalue weighted by molar-refractivity contribution is 0.0950. The molecule has 0 saturated carbocycles. The minimum absolute atomic E-state index is 0.146. The Morgan fingerprint density at radius 2 is 2.00 bits per heavy atom. The third-order valence-electron chi connectivity index (χ3n) is 2.65. The minimum Gasteiger partial charge on any atom is -0.348 e. The van der Waals surface area contributed by atoms with Crippen molar-refractivity contribution in [2.24, 2.45) is 5.73 Å². The largest absolute Gasteiger partial charge is 0.348 e. The van der Waals surface area contributed by atoms with Crippen LogP contribution in [0.4, 0.5) is 0 Å². The number of aromatic nitrogens is 1. The van der Waals surface area contributed by atoms with Gasteiger partial charge in [-0.15, -0.1) is 0 Å². The van der Waals surface area contributed by atoms with Crippen LogP contribution < -0.4 is 11.1 Å². The Labute approximate surface area is 116 Å². The van der Waals surface area contributed by atoms with Crippen molar-refractivity contribution in [1.82, 2.24) is 10.3 Å². The molecule has 1 aromatic carbocycles. The average molecular weight is 276 g/mol. The van der Waals surface area contributed by atoms with Crippen LogP contribution in [-0.4, -0.2) is 10.9 Å². The molecule has 0 unspecified atom stereocenters. The molecule has 19 heavy (non-hydrogen) atoms. The van der Waals surface area contributed by atoms with E-state index < -0.39 is 0 Å². The zero-order valence-electron chi connectivity index (χ0n) is 10.3. The maximum Gasteiger partial charge on any atom is 0.251 e. The number of amides is 1. The molecule has 0 fully saturated rings. The fourth-order valence-corrected chi connectivity index (χ4v) is 1.74. The number of rotatable bonds is 4. The van der Waals surface area contributed by atoms with E-state index in [1.54, 1.807) is 30.5 Å². The summed E-state index contributed by atoms with van der Waals surface area (Å²) in [4.78, 5) is 16.0. The van der Waals surface area contributed by atoms with Gasteiger partial charge in [-0.05, 0) is 29.8 Å². The predicted octanol–water partition coefficient (Wildman–Crippen LogP) is 2.12. The topological polar surface area (TPSA) is 68.0 Å². The number of benzene rings is 1. The van der Waals surface area contributed by atoms with Crippen molar-refractivity contribution < 1.29 is 4.79 Å². The predicted molar refractivity (Wildman–Crippen MR) is 74.8 cm³/mol. The molecular weight excluding hydrogens is 262 g/mol. The third-order valence-corrected chi connectivity index (χ3v) is 2.91. The van der Waals surface area contributed by atoms with E-state index in [4.69, 9.17) is 17.3 Å². The first-order valence-corrected chi connectivity index (χ1v) is 6.24. The second-order valence-corrected chi connectivity index (χ2v) is 4.49. The first kappa shape index (κ1) is 13.5. The summed E-state index contributed by atoms with van der Waals surface area (Å²) in [6.07, 6.45) is 1.58. The van der Waals surface area contributed by atoms with E-state index >= 15 is 0 Å². The number of nitrogens with two attached hydrogens (primary N) is 1. The van der Waals surface area contributed by atoms with E-state index in [1.165, 1.54) is 0 Å². The number of carbonyl (C=O) groups is 1. The first-order valence-electron chi connectivity index (χ1n) is 5.86. The van der Waals surface area contributed by atoms with Crippen molar-refractivity contribution in [3.05, 3.63) is 64.4 Å². The Hall–Kier alpha value is -1.91. The maximum atomic E-state index is 11.9. The van der Waals surface area contributed by atoms with Gasteiger partial charge in [-0.3, -0.25) is 9.78 Å². The van der Waals surface area contributed by atoms with E-state index in [1.807, 2.05) is 12.1 Å². The normalized spacial score (nSPS) is 10.2. The summed E-state index contributed by atoms with van der Waals surface area (Å²) in [6.45, 7) is 0.772. The highest BCUT2D eigenvalue weighted by atomic mass is 35.5. The van der Waals surface area contributed by atoms with Gasteiger partial charge < -0.3 is 11.1 Å². The Bertz CT molecular complexity index is 569. The summed E-state index contributed by atoms with van der Waals surface area (Å²) < 4.78 is 0. The highest BCUT2D eigenvalue weighted by Crippen LogP contribution is 2.09. The molecule has 5 heteroatoms. The van der Waals surface area contributed by atoms with Crippen LogP contribution in [0.25, 0.3) is 0 Å². The molecule has 98 valence electrons. The van der Waals surface area contributed by atoms with E-state index in [-0.39, 0.29) is 5.91 Å². The number of pyridine rings is 1. The molecule has 2 aromatic rings. The molecule has 0 bridgehead atoms. The summed E-state index contributed by atoms with van der Waals surface area (Å²) in [6, 6.07) is 10.7. The smallest absolute Gasteiger partial charge is 0.251 e. The molecule has 1 heterocycles. The van der Waals surface area contributed by atoms with Gasteiger partial charge >= 0.3 is 0 Å². The average Bonchev–Trinajstić information content (AvgIpc) is 2.46. The van der Waals surface area contributed by atoms with Gasteiger partial charge in [0, 0.05) is 29.9 Å². The van der Waals surface area contributed by atoms with Crippen LogP contribution in [0.2, 0.25) is 5.02 Å². The summed E-state index contributed by atoms with van der Waals surface area (Å²) in [5.74, 6) is -0.146. The van der Waals surface area contributed by atoms with Crippen LogP contribution in [0.5, 0.6) is 0 Å². The molecule has 1 amide bonds. The summed E-state index contributed by atoms with van der Waals surface area (Å²) in [5.41, 5.74) is 7.74. The number of nitrogens with one attached hydrogen (secondary N) is 1. The van der Waals surface area contributed by atoms with Gasteiger partial charge in [-0.25, -0.2) is 0 Å². The Kier molecular flexibility index (Phi) is 4.49. The second-order valence-electron chi connectivity index (χ2n) is 4.05. The van der Waals surface area contributed by atoms with Gasteiger partial charge in [0.25, 0.3) is 5.91 Å². The van der Waals surface area contributed by atoms with Crippen molar-refractivity contribution in [2.75, 3.05) is 0 Å². The maximum absolute atomic E-state index is 11.9. The Morgan fingerprint density at radius 1 is 1.26 bits per heavy atom. The third kappa shape index (κ3) is 3.77. The van der Waals surface area contributed by atoms with Crippen LogP contribution in [0.3, 0.4) is 0 Å². The van der Waals surface area contributed by atoms with Crippen molar-refractivity contribution in [3.63, 3.8) is 0 Å². The van der Waals surface area contributed by atoms with Gasteiger partial charge in [-0.1, -0.05) is 23.7 Å². The fraction of sp³-hybridized carbons (Fsp3) is 0.143. The molecule has 0 atom stereocenters. The zero-order valence-corrected chi connectivity index (χ0v) is 11.0. The van der Waals surface area contributed by atoms with Gasteiger partial charge in [-0.2, -0.15) is 0 Å². The quantitative estimate of drug-likeness (QED) is 0.898. The Morgan fingerprint density at radius 3 is 2.68 bits per heavy atom. The van der Waals surface area contributed by atoms with E-state index in [9.17, 15) is 4.79 Å². The second kappa shape index (κ2) is 6.31. The zero-order chi connectivity index (χ0) is 13.7. The van der Waals surface area contributed by atoms with Crippen LogP contribution in [0.15, 0.2) is 42.6 Å². The van der Waals surface area contributed by atoms with Crippen molar-refractivity contribution in [1.29, 1.82) is 0 Å².